The number of hydrogen-bond acceptors (Lipinski definition) is 2. The molecule has 0 bridgehead atoms. The van der Waals surface area contributed by atoms with Crippen molar-refractivity contribution in [3.05, 3.63) is 29.8 Å². The normalized spacial score (nSPS) is 10.0. The van der Waals surface area contributed by atoms with Crippen molar-refractivity contribution in [2.24, 2.45) is 5.92 Å². The van der Waals surface area contributed by atoms with Crippen LogP contribution in [-0.4, -0.2) is 26.5 Å². The predicted octanol–water partition coefficient (Wildman–Crippen LogP) is 3.44. The van der Waals surface area contributed by atoms with Gasteiger partial charge in [-0.25, -0.2) is 0 Å². The smallest absolute Gasteiger partial charge is 0.223 e. The zero-order chi connectivity index (χ0) is 16.4. The maximum Gasteiger partial charge on any atom is 0.223 e. The van der Waals surface area contributed by atoms with E-state index in [1.165, 1.54) is 0 Å². The number of hydrogen-bond donors (Lipinski definition) is 1. The average Bonchev–Trinajstić information content (AvgIpc) is 2.51. The SMILES string of the molecule is CCCC(CCC)C(=O)NCC#Cc1ccccc1N(C)C. The minimum Gasteiger partial charge on any atom is -0.377 e. The van der Waals surface area contributed by atoms with Crippen molar-refractivity contribution in [3.63, 3.8) is 0 Å². The molecule has 0 aliphatic heterocycles. The molecule has 0 heterocycles. The van der Waals surface area contributed by atoms with Crippen LogP contribution in [0.2, 0.25) is 0 Å². The zero-order valence-corrected chi connectivity index (χ0v) is 14.3. The molecule has 1 rings (SSSR count). The van der Waals surface area contributed by atoms with Crippen molar-refractivity contribution >= 4 is 11.6 Å². The van der Waals surface area contributed by atoms with Crippen LogP contribution in [0.5, 0.6) is 0 Å². The minimum atomic E-state index is 0.130. The summed E-state index contributed by atoms with van der Waals surface area (Å²) in [7, 11) is 4.00. The molecule has 0 saturated heterocycles. The molecule has 120 valence electrons. The van der Waals surface area contributed by atoms with Crippen molar-refractivity contribution in [1.29, 1.82) is 0 Å². The molecule has 1 N–H and O–H groups in total. The molecule has 0 aliphatic carbocycles. The highest BCUT2D eigenvalue weighted by atomic mass is 16.1. The van der Waals surface area contributed by atoms with E-state index in [4.69, 9.17) is 0 Å². The molecule has 0 fully saturated rings. The second kappa shape index (κ2) is 9.89. The summed E-state index contributed by atoms with van der Waals surface area (Å²) in [5.41, 5.74) is 2.08. The first-order chi connectivity index (χ1) is 10.6. The second-order valence-corrected chi connectivity index (χ2v) is 5.71. The van der Waals surface area contributed by atoms with Crippen LogP contribution in [0.25, 0.3) is 0 Å². The van der Waals surface area contributed by atoms with Crippen LogP contribution in [0.15, 0.2) is 24.3 Å². The third-order valence-corrected chi connectivity index (χ3v) is 3.60. The Morgan fingerprint density at radius 2 is 1.82 bits per heavy atom. The van der Waals surface area contributed by atoms with Crippen molar-refractivity contribution < 1.29 is 4.79 Å². The topological polar surface area (TPSA) is 32.3 Å². The van der Waals surface area contributed by atoms with E-state index in [1.807, 2.05) is 43.3 Å². The molecule has 0 saturated carbocycles. The Kier molecular flexibility index (Phi) is 8.14. The van der Waals surface area contributed by atoms with Crippen molar-refractivity contribution in [3.8, 4) is 11.8 Å². The largest absolute Gasteiger partial charge is 0.377 e. The molecule has 3 nitrogen and oxygen atoms in total. The van der Waals surface area contributed by atoms with Gasteiger partial charge in [-0.2, -0.15) is 0 Å². The number of rotatable bonds is 7. The summed E-state index contributed by atoms with van der Waals surface area (Å²) in [6, 6.07) is 8.03. The molecule has 3 heteroatoms. The Hall–Kier alpha value is -1.95. The Balaban J connectivity index is 2.59. The highest BCUT2D eigenvalue weighted by Gasteiger charge is 2.15. The highest BCUT2D eigenvalue weighted by Crippen LogP contribution is 2.16. The van der Waals surface area contributed by atoms with E-state index in [0.717, 1.165) is 36.9 Å². The van der Waals surface area contributed by atoms with Gasteiger partial charge in [0.15, 0.2) is 0 Å². The number of carbonyl (C=O) groups excluding carboxylic acids is 1. The van der Waals surface area contributed by atoms with E-state index >= 15 is 0 Å². The van der Waals surface area contributed by atoms with Crippen molar-refractivity contribution in [2.45, 2.75) is 39.5 Å². The number of nitrogens with one attached hydrogen (secondary N) is 1. The summed E-state index contributed by atoms with van der Waals surface area (Å²) in [5.74, 6) is 6.47. The summed E-state index contributed by atoms with van der Waals surface area (Å²) in [5, 5.41) is 2.95. The molecule has 22 heavy (non-hydrogen) atoms. The van der Waals surface area contributed by atoms with Gasteiger partial charge in [0.2, 0.25) is 5.91 Å². The molecular weight excluding hydrogens is 272 g/mol. The number of anilines is 1. The van der Waals surface area contributed by atoms with Crippen LogP contribution < -0.4 is 10.2 Å². The van der Waals surface area contributed by atoms with E-state index in [2.05, 4.69) is 31.0 Å². The van der Waals surface area contributed by atoms with Gasteiger partial charge >= 0.3 is 0 Å². The van der Waals surface area contributed by atoms with Crippen LogP contribution in [0.4, 0.5) is 5.69 Å². The zero-order valence-electron chi connectivity index (χ0n) is 14.3. The third kappa shape index (κ3) is 5.81. The fraction of sp³-hybridized carbons (Fsp3) is 0.526. The van der Waals surface area contributed by atoms with Crippen molar-refractivity contribution in [2.75, 3.05) is 25.5 Å². The maximum atomic E-state index is 12.1. The predicted molar refractivity (Wildman–Crippen MR) is 94.0 cm³/mol. The lowest BCUT2D eigenvalue weighted by Gasteiger charge is -2.14. The fourth-order valence-electron chi connectivity index (χ4n) is 2.49. The Bertz CT molecular complexity index is 520. The van der Waals surface area contributed by atoms with Gasteiger partial charge in [0.1, 0.15) is 0 Å². The summed E-state index contributed by atoms with van der Waals surface area (Å²) >= 11 is 0. The van der Waals surface area contributed by atoms with Gasteiger partial charge in [-0.15, -0.1) is 0 Å². The van der Waals surface area contributed by atoms with Gasteiger partial charge in [0.05, 0.1) is 12.2 Å². The summed E-state index contributed by atoms with van der Waals surface area (Å²) in [6.45, 7) is 4.65. The van der Waals surface area contributed by atoms with E-state index < -0.39 is 0 Å². The van der Waals surface area contributed by atoms with Gasteiger partial charge in [-0.05, 0) is 25.0 Å². The van der Waals surface area contributed by atoms with Crippen molar-refractivity contribution in [1.82, 2.24) is 5.32 Å². The minimum absolute atomic E-state index is 0.130. The number of nitrogens with zero attached hydrogens (tertiary/aromatic N) is 1. The lowest BCUT2D eigenvalue weighted by atomic mass is 9.97. The van der Waals surface area contributed by atoms with Gasteiger partial charge in [0.25, 0.3) is 0 Å². The molecule has 0 aliphatic rings. The van der Waals surface area contributed by atoms with E-state index in [0.29, 0.717) is 6.54 Å². The Labute approximate surface area is 135 Å². The number of carbonyl (C=O) groups is 1. The van der Waals surface area contributed by atoms with Crippen LogP contribution in [0.1, 0.15) is 45.1 Å². The average molecular weight is 300 g/mol. The molecule has 0 atom stereocenters. The molecule has 0 radical (unpaired) electrons. The molecule has 1 aromatic rings. The molecule has 1 amide bonds. The Morgan fingerprint density at radius 1 is 1.18 bits per heavy atom. The molecular formula is C19H28N2O. The lowest BCUT2D eigenvalue weighted by molar-refractivity contribution is -0.125. The van der Waals surface area contributed by atoms with E-state index in [-0.39, 0.29) is 11.8 Å². The first-order valence-corrected chi connectivity index (χ1v) is 8.13. The standard InChI is InChI=1S/C19H28N2O/c1-5-10-17(11-6-2)19(22)20-15-9-13-16-12-7-8-14-18(16)21(3)4/h7-8,12,14,17H,5-6,10-11,15H2,1-4H3,(H,20,22). The second-order valence-electron chi connectivity index (χ2n) is 5.71. The van der Waals surface area contributed by atoms with E-state index in [9.17, 15) is 4.79 Å². The monoisotopic (exact) mass is 300 g/mol. The first kappa shape index (κ1) is 18.1. The maximum absolute atomic E-state index is 12.1. The van der Waals surface area contributed by atoms with Crippen LogP contribution in [-0.2, 0) is 4.79 Å². The number of para-hydroxylation sites is 1. The first-order valence-electron chi connectivity index (χ1n) is 8.13. The van der Waals surface area contributed by atoms with Gasteiger partial charge in [-0.3, -0.25) is 4.79 Å². The van der Waals surface area contributed by atoms with Crippen LogP contribution >= 0.6 is 0 Å². The lowest BCUT2D eigenvalue weighted by Crippen LogP contribution is -2.30. The van der Waals surface area contributed by atoms with Gasteiger partial charge < -0.3 is 10.2 Å². The fourth-order valence-corrected chi connectivity index (χ4v) is 2.49. The summed E-state index contributed by atoms with van der Waals surface area (Å²) < 4.78 is 0. The molecule has 0 spiro atoms. The van der Waals surface area contributed by atoms with Gasteiger partial charge in [0, 0.05) is 25.6 Å². The molecule has 0 unspecified atom stereocenters. The van der Waals surface area contributed by atoms with Gasteiger partial charge in [-0.1, -0.05) is 50.7 Å². The molecule has 0 aromatic heterocycles. The number of benzene rings is 1. The quantitative estimate of drug-likeness (QED) is 0.782. The summed E-state index contributed by atoms with van der Waals surface area (Å²) in [6.07, 6.45) is 3.99. The number of amides is 1. The summed E-state index contributed by atoms with van der Waals surface area (Å²) in [4.78, 5) is 14.2. The molecule has 1 aromatic carbocycles. The van der Waals surface area contributed by atoms with Crippen LogP contribution in [0, 0.1) is 17.8 Å². The third-order valence-electron chi connectivity index (χ3n) is 3.60. The Morgan fingerprint density at radius 3 is 2.41 bits per heavy atom. The highest BCUT2D eigenvalue weighted by molar-refractivity contribution is 5.78. The van der Waals surface area contributed by atoms with E-state index in [1.54, 1.807) is 0 Å². The van der Waals surface area contributed by atoms with Crippen LogP contribution in [0.3, 0.4) is 0 Å².